The number of hydrogen-bond donors (Lipinski definition) is 1. The third-order valence-corrected chi connectivity index (χ3v) is 3.78. The van der Waals surface area contributed by atoms with Gasteiger partial charge in [0.1, 0.15) is 4.99 Å². The van der Waals surface area contributed by atoms with Crippen molar-refractivity contribution in [3.8, 4) is 11.5 Å². The average molecular weight is 322 g/mol. The van der Waals surface area contributed by atoms with Crippen molar-refractivity contribution in [1.29, 1.82) is 0 Å². The fourth-order valence-electron chi connectivity index (χ4n) is 1.98. The SMILES string of the molecule is COc1cccc(C(=S)NCc2ccccc2Cl)c1OC. The standard InChI is InChI=1S/C16H16ClNO2S/c1-19-14-9-5-7-12(15(14)20-2)16(21)18-10-11-6-3-4-8-13(11)17/h3-9H,10H2,1-2H3,(H,18,21). The molecule has 2 aromatic rings. The zero-order valence-electron chi connectivity index (χ0n) is 11.9. The van der Waals surface area contributed by atoms with Crippen LogP contribution in [0.25, 0.3) is 0 Å². The normalized spacial score (nSPS) is 10.0. The van der Waals surface area contributed by atoms with Crippen LogP contribution in [-0.2, 0) is 6.54 Å². The molecular formula is C16H16ClNO2S. The summed E-state index contributed by atoms with van der Waals surface area (Å²) in [6.45, 7) is 0.554. The minimum Gasteiger partial charge on any atom is -0.493 e. The largest absolute Gasteiger partial charge is 0.493 e. The molecule has 0 amide bonds. The van der Waals surface area contributed by atoms with Crippen molar-refractivity contribution >= 4 is 28.8 Å². The van der Waals surface area contributed by atoms with Crippen molar-refractivity contribution < 1.29 is 9.47 Å². The van der Waals surface area contributed by atoms with Gasteiger partial charge < -0.3 is 14.8 Å². The highest BCUT2D eigenvalue weighted by atomic mass is 35.5. The molecule has 0 spiro atoms. The second kappa shape index (κ2) is 7.29. The number of thiocarbonyl (C=S) groups is 1. The molecule has 2 rings (SSSR count). The van der Waals surface area contributed by atoms with E-state index in [2.05, 4.69) is 5.32 Å². The van der Waals surface area contributed by atoms with Gasteiger partial charge in [-0.25, -0.2) is 0 Å². The number of hydrogen-bond acceptors (Lipinski definition) is 3. The van der Waals surface area contributed by atoms with Crippen LogP contribution in [0.15, 0.2) is 42.5 Å². The highest BCUT2D eigenvalue weighted by Gasteiger charge is 2.13. The van der Waals surface area contributed by atoms with Crippen LogP contribution in [0.4, 0.5) is 0 Å². The molecule has 0 saturated heterocycles. The predicted molar refractivity (Wildman–Crippen MR) is 89.5 cm³/mol. The Morgan fingerprint density at radius 3 is 2.52 bits per heavy atom. The molecule has 0 aromatic heterocycles. The summed E-state index contributed by atoms with van der Waals surface area (Å²) in [5, 5.41) is 3.91. The fourth-order valence-corrected chi connectivity index (χ4v) is 2.41. The van der Waals surface area contributed by atoms with Gasteiger partial charge in [-0.05, 0) is 23.8 Å². The molecule has 0 atom stereocenters. The van der Waals surface area contributed by atoms with E-state index in [0.29, 0.717) is 28.1 Å². The zero-order chi connectivity index (χ0) is 15.2. The molecule has 0 aliphatic heterocycles. The first kappa shape index (κ1) is 15.6. The zero-order valence-corrected chi connectivity index (χ0v) is 13.4. The molecule has 1 N–H and O–H groups in total. The first-order valence-corrected chi connectivity index (χ1v) is 7.18. The Kier molecular flexibility index (Phi) is 5.42. The van der Waals surface area contributed by atoms with Gasteiger partial charge in [-0.2, -0.15) is 0 Å². The summed E-state index contributed by atoms with van der Waals surface area (Å²) >= 11 is 11.6. The monoisotopic (exact) mass is 321 g/mol. The molecule has 0 aliphatic carbocycles. The molecule has 0 saturated carbocycles. The number of rotatable bonds is 5. The molecule has 0 aliphatic rings. The molecule has 0 heterocycles. The van der Waals surface area contributed by atoms with Gasteiger partial charge in [-0.1, -0.05) is 48.1 Å². The first-order valence-electron chi connectivity index (χ1n) is 6.40. The molecule has 21 heavy (non-hydrogen) atoms. The van der Waals surface area contributed by atoms with Crippen LogP contribution >= 0.6 is 23.8 Å². The molecule has 0 bridgehead atoms. The topological polar surface area (TPSA) is 30.5 Å². The quantitative estimate of drug-likeness (QED) is 0.848. The van der Waals surface area contributed by atoms with Gasteiger partial charge in [-0.3, -0.25) is 0 Å². The Labute approximate surface area is 134 Å². The maximum absolute atomic E-state index is 6.13. The van der Waals surface area contributed by atoms with E-state index in [0.717, 1.165) is 11.1 Å². The van der Waals surface area contributed by atoms with E-state index >= 15 is 0 Å². The third-order valence-electron chi connectivity index (χ3n) is 3.04. The van der Waals surface area contributed by atoms with E-state index in [-0.39, 0.29) is 0 Å². The van der Waals surface area contributed by atoms with E-state index < -0.39 is 0 Å². The smallest absolute Gasteiger partial charge is 0.170 e. The Hall–Kier alpha value is -1.78. The maximum Gasteiger partial charge on any atom is 0.170 e. The molecule has 0 radical (unpaired) electrons. The number of para-hydroxylation sites is 1. The minimum absolute atomic E-state index is 0.554. The number of benzene rings is 2. The van der Waals surface area contributed by atoms with Crippen LogP contribution in [0.3, 0.4) is 0 Å². The van der Waals surface area contributed by atoms with E-state index in [4.69, 9.17) is 33.3 Å². The number of methoxy groups -OCH3 is 2. The molecule has 0 unspecified atom stereocenters. The fraction of sp³-hybridized carbons (Fsp3) is 0.188. The molecule has 2 aromatic carbocycles. The summed E-state index contributed by atoms with van der Waals surface area (Å²) in [6.07, 6.45) is 0. The Morgan fingerprint density at radius 1 is 1.10 bits per heavy atom. The summed E-state index contributed by atoms with van der Waals surface area (Å²) in [5.74, 6) is 1.27. The van der Waals surface area contributed by atoms with E-state index in [1.165, 1.54) is 0 Å². The minimum atomic E-state index is 0.554. The summed E-state index contributed by atoms with van der Waals surface area (Å²) in [4.78, 5) is 0.589. The van der Waals surface area contributed by atoms with Crippen molar-refractivity contribution in [3.05, 3.63) is 58.6 Å². The highest BCUT2D eigenvalue weighted by molar-refractivity contribution is 7.80. The molecule has 3 nitrogen and oxygen atoms in total. The van der Waals surface area contributed by atoms with Gasteiger partial charge in [-0.15, -0.1) is 0 Å². The van der Waals surface area contributed by atoms with Gasteiger partial charge in [0, 0.05) is 11.6 Å². The maximum atomic E-state index is 6.13. The van der Waals surface area contributed by atoms with Crippen molar-refractivity contribution in [2.24, 2.45) is 0 Å². The lowest BCUT2D eigenvalue weighted by Crippen LogP contribution is -2.22. The van der Waals surface area contributed by atoms with Crippen molar-refractivity contribution in [3.63, 3.8) is 0 Å². The number of nitrogens with one attached hydrogen (secondary N) is 1. The summed E-state index contributed by atoms with van der Waals surface area (Å²) in [6, 6.07) is 13.3. The van der Waals surface area contributed by atoms with Gasteiger partial charge >= 0.3 is 0 Å². The Balaban J connectivity index is 2.16. The summed E-state index contributed by atoms with van der Waals surface area (Å²) < 4.78 is 10.7. The predicted octanol–water partition coefficient (Wildman–Crippen LogP) is 3.82. The Bertz CT molecular complexity index is 646. The molecule has 110 valence electrons. The van der Waals surface area contributed by atoms with Gasteiger partial charge in [0.2, 0.25) is 0 Å². The van der Waals surface area contributed by atoms with E-state index in [9.17, 15) is 0 Å². The van der Waals surface area contributed by atoms with Crippen LogP contribution in [-0.4, -0.2) is 19.2 Å². The van der Waals surface area contributed by atoms with Crippen molar-refractivity contribution in [2.45, 2.75) is 6.54 Å². The van der Waals surface area contributed by atoms with Crippen molar-refractivity contribution in [1.82, 2.24) is 5.32 Å². The Morgan fingerprint density at radius 2 is 1.86 bits per heavy atom. The van der Waals surface area contributed by atoms with E-state index in [1.807, 2.05) is 42.5 Å². The van der Waals surface area contributed by atoms with Crippen LogP contribution in [0.2, 0.25) is 5.02 Å². The molecular weight excluding hydrogens is 306 g/mol. The van der Waals surface area contributed by atoms with E-state index in [1.54, 1.807) is 14.2 Å². The lowest BCUT2D eigenvalue weighted by Gasteiger charge is -2.14. The van der Waals surface area contributed by atoms with Crippen LogP contribution in [0.5, 0.6) is 11.5 Å². The average Bonchev–Trinajstić information content (AvgIpc) is 2.52. The van der Waals surface area contributed by atoms with Gasteiger partial charge in [0.15, 0.2) is 11.5 Å². The lowest BCUT2D eigenvalue weighted by molar-refractivity contribution is 0.354. The second-order valence-corrected chi connectivity index (χ2v) is 5.13. The van der Waals surface area contributed by atoms with Crippen LogP contribution in [0, 0.1) is 0 Å². The van der Waals surface area contributed by atoms with Gasteiger partial charge in [0.05, 0.1) is 19.8 Å². The lowest BCUT2D eigenvalue weighted by atomic mass is 10.1. The number of ether oxygens (including phenoxy) is 2. The van der Waals surface area contributed by atoms with Crippen molar-refractivity contribution in [2.75, 3.05) is 14.2 Å². The number of halogens is 1. The third kappa shape index (κ3) is 3.65. The summed E-state index contributed by atoms with van der Waals surface area (Å²) in [7, 11) is 3.19. The molecule has 5 heteroatoms. The van der Waals surface area contributed by atoms with Crippen LogP contribution < -0.4 is 14.8 Å². The first-order chi connectivity index (χ1) is 10.2. The molecule has 0 fully saturated rings. The highest BCUT2D eigenvalue weighted by Crippen LogP contribution is 2.30. The van der Waals surface area contributed by atoms with Crippen LogP contribution in [0.1, 0.15) is 11.1 Å². The second-order valence-electron chi connectivity index (χ2n) is 4.32. The summed E-state index contributed by atoms with van der Waals surface area (Å²) in [5.41, 5.74) is 1.78. The van der Waals surface area contributed by atoms with Gasteiger partial charge in [0.25, 0.3) is 0 Å².